The summed E-state index contributed by atoms with van der Waals surface area (Å²) in [5, 5.41) is 86.0. The molecule has 62 heavy (non-hydrogen) atoms. The fourth-order valence-corrected chi connectivity index (χ4v) is 5.85. The molecule has 18 heteroatoms. The van der Waals surface area contributed by atoms with Crippen molar-refractivity contribution in [2.75, 3.05) is 7.11 Å². The molecule has 0 bridgehead atoms. The van der Waals surface area contributed by atoms with Gasteiger partial charge >= 0.3 is 23.9 Å². The molecule has 5 rings (SSSR count). The molecule has 18 nitrogen and oxygen atoms in total. The first-order valence-corrected chi connectivity index (χ1v) is 18.1. The van der Waals surface area contributed by atoms with E-state index in [2.05, 4.69) is 0 Å². The highest BCUT2D eigenvalue weighted by Gasteiger charge is 2.56. The predicted molar refractivity (Wildman–Crippen MR) is 218 cm³/mol. The lowest BCUT2D eigenvalue weighted by Gasteiger charge is -2.43. The maximum atomic E-state index is 12.9. The number of phenolic OH excluding ortho intramolecular Hbond substituents is 8. The zero-order chi connectivity index (χ0) is 45.6. The Morgan fingerprint density at radius 2 is 0.871 bits per heavy atom. The minimum atomic E-state index is -2.43. The molecule has 2 unspecified atom stereocenters. The molecule has 9 N–H and O–H groups in total. The fourth-order valence-electron chi connectivity index (χ4n) is 5.85. The Morgan fingerprint density at radius 1 is 0.532 bits per heavy atom. The molecule has 1 aliphatic carbocycles. The van der Waals surface area contributed by atoms with E-state index in [-0.39, 0.29) is 28.6 Å². The maximum Gasteiger partial charge on any atom is 0.348 e. The van der Waals surface area contributed by atoms with E-state index < -0.39 is 83.6 Å². The van der Waals surface area contributed by atoms with Crippen LogP contribution in [0.15, 0.2) is 97.1 Å². The van der Waals surface area contributed by atoms with Crippen LogP contribution in [-0.2, 0) is 42.9 Å². The van der Waals surface area contributed by atoms with Crippen molar-refractivity contribution in [3.63, 3.8) is 0 Å². The standard InChI is InChI=1S/C35H32O15.C9H8O3/c1-47-33-28(48-30(42)11-5-19-2-8-22(36)25(39)14-19)17-35(34(45)46,50-32(44)13-7-21-4-10-24(38)27(41)16-21)18-29(33)49-31(43)12-6-20-3-9-23(37)26(40)15-20;10-5-1-2-7-3-4-8(11)9(12)6-7/h2-16,28-29,33,36-41H,17-18H2,1H3,(H,45,46);1-6,11-12H/b11-5+,12-6+,13-7+;2-1+. The van der Waals surface area contributed by atoms with E-state index in [0.29, 0.717) is 23.0 Å². The number of ether oxygens (including phenoxy) is 4. The molecule has 0 spiro atoms. The van der Waals surface area contributed by atoms with Gasteiger partial charge in [0.2, 0.25) is 5.60 Å². The van der Waals surface area contributed by atoms with Gasteiger partial charge in [-0.3, -0.25) is 4.79 Å². The van der Waals surface area contributed by atoms with Gasteiger partial charge in [0.15, 0.2) is 46.0 Å². The number of allylic oxidation sites excluding steroid dienone is 1. The van der Waals surface area contributed by atoms with Crippen molar-refractivity contribution in [3.05, 3.63) is 119 Å². The summed E-state index contributed by atoms with van der Waals surface area (Å²) >= 11 is 0. The van der Waals surface area contributed by atoms with Crippen molar-refractivity contribution in [1.82, 2.24) is 0 Å². The number of carboxylic acids is 1. The minimum absolute atomic E-state index is 0.168. The molecule has 0 amide bonds. The Morgan fingerprint density at radius 3 is 1.18 bits per heavy atom. The van der Waals surface area contributed by atoms with E-state index in [1.807, 2.05) is 0 Å². The second kappa shape index (κ2) is 21.1. The van der Waals surface area contributed by atoms with Gasteiger partial charge in [0.25, 0.3) is 0 Å². The van der Waals surface area contributed by atoms with Crippen molar-refractivity contribution >= 4 is 54.5 Å². The monoisotopic (exact) mass is 856 g/mol. The van der Waals surface area contributed by atoms with Gasteiger partial charge in [-0.1, -0.05) is 30.3 Å². The summed E-state index contributed by atoms with van der Waals surface area (Å²) in [5.41, 5.74) is -0.912. The molecular weight excluding hydrogens is 816 g/mol. The van der Waals surface area contributed by atoms with Crippen LogP contribution in [0.25, 0.3) is 24.3 Å². The molecule has 4 aromatic carbocycles. The molecule has 0 radical (unpaired) electrons. The van der Waals surface area contributed by atoms with Gasteiger partial charge in [0, 0.05) is 38.2 Å². The normalized spacial score (nSPS) is 18.6. The van der Waals surface area contributed by atoms with Crippen LogP contribution in [-0.4, -0.2) is 107 Å². The van der Waals surface area contributed by atoms with Crippen LogP contribution in [0.2, 0.25) is 0 Å². The predicted octanol–water partition coefficient (Wildman–Crippen LogP) is 4.67. The number of methoxy groups -OCH3 is 1. The van der Waals surface area contributed by atoms with Crippen LogP contribution >= 0.6 is 0 Å². The van der Waals surface area contributed by atoms with Crippen LogP contribution in [0.3, 0.4) is 0 Å². The zero-order valence-corrected chi connectivity index (χ0v) is 32.5. The van der Waals surface area contributed by atoms with Gasteiger partial charge in [-0.25, -0.2) is 19.2 Å². The summed E-state index contributed by atoms with van der Waals surface area (Å²) < 4.78 is 22.0. The number of carboxylic acid groups (broad SMARTS) is 1. The van der Waals surface area contributed by atoms with Crippen molar-refractivity contribution in [3.8, 4) is 46.0 Å². The Labute approximate surface area is 352 Å². The first-order chi connectivity index (χ1) is 29.4. The average molecular weight is 857 g/mol. The second-order valence-corrected chi connectivity index (χ2v) is 13.3. The zero-order valence-electron chi connectivity index (χ0n) is 32.5. The van der Waals surface area contributed by atoms with Gasteiger partial charge in [0.1, 0.15) is 24.6 Å². The van der Waals surface area contributed by atoms with Crippen LogP contribution in [0.1, 0.15) is 35.1 Å². The van der Waals surface area contributed by atoms with Crippen molar-refractivity contribution in [1.29, 1.82) is 0 Å². The van der Waals surface area contributed by atoms with Gasteiger partial charge in [-0.05, 0) is 95.1 Å². The van der Waals surface area contributed by atoms with Gasteiger partial charge < -0.3 is 64.9 Å². The van der Waals surface area contributed by atoms with Crippen molar-refractivity contribution in [2.45, 2.75) is 36.8 Å². The third-order valence-electron chi connectivity index (χ3n) is 8.89. The molecule has 1 saturated carbocycles. The number of hydrogen-bond donors (Lipinski definition) is 9. The van der Waals surface area contributed by atoms with Crippen LogP contribution in [0.5, 0.6) is 46.0 Å². The highest BCUT2D eigenvalue weighted by atomic mass is 16.6. The molecule has 0 saturated heterocycles. The average Bonchev–Trinajstić information content (AvgIpc) is 3.22. The third kappa shape index (κ3) is 12.9. The third-order valence-corrected chi connectivity index (χ3v) is 8.89. The lowest BCUT2D eigenvalue weighted by Crippen LogP contribution is -2.60. The summed E-state index contributed by atoms with van der Waals surface area (Å²) in [5.74, 6) is -7.75. The molecule has 4 aromatic rings. The molecule has 1 aliphatic rings. The number of benzene rings is 4. The summed E-state index contributed by atoms with van der Waals surface area (Å²) in [7, 11) is 1.20. The van der Waals surface area contributed by atoms with Crippen molar-refractivity contribution < 1.29 is 88.9 Å². The van der Waals surface area contributed by atoms with Crippen molar-refractivity contribution in [2.24, 2.45) is 0 Å². The number of aldehydes is 1. The Kier molecular flexibility index (Phi) is 15.8. The maximum absolute atomic E-state index is 12.9. The van der Waals surface area contributed by atoms with E-state index >= 15 is 0 Å². The Balaban J connectivity index is 0.000000605. The quantitative estimate of drug-likeness (QED) is 0.0290. The first kappa shape index (κ1) is 46.4. The molecule has 0 aromatic heterocycles. The number of carbonyl (C=O) groups excluding carboxylic acids is 4. The van der Waals surface area contributed by atoms with Crippen LogP contribution in [0.4, 0.5) is 0 Å². The fraction of sp³-hybridized carbons (Fsp3) is 0.159. The lowest BCUT2D eigenvalue weighted by atomic mass is 9.79. The number of rotatable bonds is 13. The van der Waals surface area contributed by atoms with Crippen LogP contribution < -0.4 is 0 Å². The molecule has 1 fully saturated rings. The van der Waals surface area contributed by atoms with E-state index in [9.17, 15) is 59.7 Å². The van der Waals surface area contributed by atoms with Gasteiger partial charge in [-0.2, -0.15) is 0 Å². The van der Waals surface area contributed by atoms with E-state index in [4.69, 9.17) is 29.2 Å². The number of aromatic hydroxyl groups is 8. The Bertz CT molecular complexity index is 2330. The van der Waals surface area contributed by atoms with E-state index in [0.717, 1.165) is 24.3 Å². The largest absolute Gasteiger partial charge is 0.504 e. The molecule has 0 aliphatic heterocycles. The number of hydrogen-bond acceptors (Lipinski definition) is 17. The topological polar surface area (TPSA) is 304 Å². The number of aliphatic carboxylic acids is 1. The summed E-state index contributed by atoms with van der Waals surface area (Å²) in [6, 6.07) is 15.5. The van der Waals surface area contributed by atoms with Gasteiger partial charge in [-0.15, -0.1) is 0 Å². The number of phenols is 8. The minimum Gasteiger partial charge on any atom is -0.504 e. The highest BCUT2D eigenvalue weighted by molar-refractivity contribution is 5.91. The van der Waals surface area contributed by atoms with E-state index in [1.165, 1.54) is 98.2 Å². The Hall–Kier alpha value is -8.25. The smallest absolute Gasteiger partial charge is 0.348 e. The van der Waals surface area contributed by atoms with Crippen LogP contribution in [0, 0.1) is 0 Å². The lowest BCUT2D eigenvalue weighted by molar-refractivity contribution is -0.215. The highest BCUT2D eigenvalue weighted by Crippen LogP contribution is 2.38. The molecule has 324 valence electrons. The molecule has 2 atom stereocenters. The SMILES string of the molecule is COC1C(OC(=O)/C=C/c2ccc(O)c(O)c2)CC(OC(=O)/C=C/c2ccc(O)c(O)c2)(C(=O)O)CC1OC(=O)/C=C/c1ccc(O)c(O)c1.O=C/C=C/c1ccc(O)c(O)c1. The first-order valence-electron chi connectivity index (χ1n) is 18.1. The molecular formula is C44H40O18. The van der Waals surface area contributed by atoms with Gasteiger partial charge in [0.05, 0.1) is 0 Å². The molecule has 0 heterocycles. The second-order valence-electron chi connectivity index (χ2n) is 13.3. The number of esters is 3. The summed E-state index contributed by atoms with van der Waals surface area (Å²) in [6.45, 7) is 0. The van der Waals surface area contributed by atoms with E-state index in [1.54, 1.807) is 6.07 Å². The summed E-state index contributed by atoms with van der Waals surface area (Å²) in [4.78, 5) is 61.5. The number of carbonyl (C=O) groups is 5. The summed E-state index contributed by atoms with van der Waals surface area (Å²) in [6.07, 6.45) is 4.43.